The van der Waals surface area contributed by atoms with Crippen LogP contribution in [0.5, 0.6) is 0 Å². The van der Waals surface area contributed by atoms with Crippen molar-refractivity contribution in [3.63, 3.8) is 0 Å². The smallest absolute Gasteiger partial charge is 0.407 e. The fraction of sp³-hybridized carbons (Fsp3) is 0.400. The van der Waals surface area contributed by atoms with Gasteiger partial charge in [-0.05, 0) is 42.0 Å². The molecule has 2 amide bonds. The number of benzene rings is 2. The second kappa shape index (κ2) is 10.3. The number of rotatable bonds is 9. The van der Waals surface area contributed by atoms with Gasteiger partial charge in [0.15, 0.2) is 0 Å². The summed E-state index contributed by atoms with van der Waals surface area (Å²) >= 11 is 0. The molecule has 0 fully saturated rings. The average molecular weight is 439 g/mol. The number of carbonyl (C=O) groups excluding carboxylic acids is 2. The molecule has 0 aliphatic heterocycles. The first-order chi connectivity index (χ1) is 15.4. The summed E-state index contributed by atoms with van der Waals surface area (Å²) in [6, 6.07) is 15.0. The van der Waals surface area contributed by atoms with Gasteiger partial charge in [-0.1, -0.05) is 62.4 Å². The number of alkyl carbamates (subject to hydrolysis) is 1. The van der Waals surface area contributed by atoms with Crippen LogP contribution in [0.2, 0.25) is 0 Å². The second-order valence-corrected chi connectivity index (χ2v) is 8.05. The maximum Gasteiger partial charge on any atom is 0.407 e. The molecule has 0 aromatic heterocycles. The molecule has 1 aliphatic carbocycles. The van der Waals surface area contributed by atoms with Crippen LogP contribution in [0.15, 0.2) is 48.5 Å². The SMILES string of the molecule is CCC(C)N(CC(=O)O)C(=O)[C@H](CC)NC(=O)OCC1c2ccccc2-c2ccccc21. The van der Waals surface area contributed by atoms with Gasteiger partial charge in [0.2, 0.25) is 5.91 Å². The van der Waals surface area contributed by atoms with Gasteiger partial charge in [-0.2, -0.15) is 0 Å². The summed E-state index contributed by atoms with van der Waals surface area (Å²) in [5, 5.41) is 11.8. The number of aliphatic carboxylic acids is 1. The minimum Gasteiger partial charge on any atom is -0.480 e. The van der Waals surface area contributed by atoms with E-state index in [1.807, 2.05) is 43.3 Å². The van der Waals surface area contributed by atoms with E-state index >= 15 is 0 Å². The zero-order valence-electron chi connectivity index (χ0n) is 18.7. The molecule has 0 spiro atoms. The molecule has 0 saturated carbocycles. The number of carbonyl (C=O) groups is 3. The van der Waals surface area contributed by atoms with Crippen molar-refractivity contribution >= 4 is 18.0 Å². The lowest BCUT2D eigenvalue weighted by Crippen LogP contribution is -2.52. The van der Waals surface area contributed by atoms with Crippen molar-refractivity contribution in [3.05, 3.63) is 59.7 Å². The molecule has 7 nitrogen and oxygen atoms in total. The monoisotopic (exact) mass is 438 g/mol. The quantitative estimate of drug-likeness (QED) is 0.617. The van der Waals surface area contributed by atoms with Crippen molar-refractivity contribution in [3.8, 4) is 11.1 Å². The Morgan fingerprint density at radius 3 is 2.06 bits per heavy atom. The number of nitrogens with zero attached hydrogens (tertiary/aromatic N) is 1. The number of carboxylic acids is 1. The van der Waals surface area contributed by atoms with Crippen LogP contribution in [0.1, 0.15) is 50.7 Å². The van der Waals surface area contributed by atoms with E-state index in [2.05, 4.69) is 17.4 Å². The summed E-state index contributed by atoms with van der Waals surface area (Å²) in [5.41, 5.74) is 4.48. The summed E-state index contributed by atoms with van der Waals surface area (Å²) in [6.07, 6.45) is 0.252. The third-order valence-corrected chi connectivity index (χ3v) is 6.05. The molecule has 2 N–H and O–H groups in total. The van der Waals surface area contributed by atoms with Gasteiger partial charge >= 0.3 is 12.1 Å². The van der Waals surface area contributed by atoms with Gasteiger partial charge in [0.25, 0.3) is 0 Å². The number of fused-ring (bicyclic) bond motifs is 3. The molecule has 2 aromatic rings. The van der Waals surface area contributed by atoms with E-state index in [4.69, 9.17) is 4.74 Å². The largest absolute Gasteiger partial charge is 0.480 e. The highest BCUT2D eigenvalue weighted by molar-refractivity contribution is 5.88. The van der Waals surface area contributed by atoms with Crippen LogP contribution >= 0.6 is 0 Å². The van der Waals surface area contributed by atoms with E-state index < -0.39 is 30.6 Å². The first kappa shape index (κ1) is 23.3. The van der Waals surface area contributed by atoms with Crippen LogP contribution in [-0.2, 0) is 14.3 Å². The maximum absolute atomic E-state index is 12.9. The van der Waals surface area contributed by atoms with E-state index in [0.29, 0.717) is 12.8 Å². The van der Waals surface area contributed by atoms with Crippen molar-refractivity contribution in [2.24, 2.45) is 0 Å². The molecular formula is C25H30N2O5. The van der Waals surface area contributed by atoms with Gasteiger partial charge in [-0.15, -0.1) is 0 Å². The lowest BCUT2D eigenvalue weighted by atomic mass is 9.98. The van der Waals surface area contributed by atoms with Gasteiger partial charge in [-0.3, -0.25) is 9.59 Å². The Morgan fingerprint density at radius 2 is 1.56 bits per heavy atom. The normalized spacial score (nSPS) is 14.1. The lowest BCUT2D eigenvalue weighted by molar-refractivity contribution is -0.147. The Hall–Kier alpha value is -3.35. The zero-order chi connectivity index (χ0) is 23.3. The highest BCUT2D eigenvalue weighted by Gasteiger charge is 2.31. The van der Waals surface area contributed by atoms with Crippen molar-refractivity contribution in [2.45, 2.75) is 51.6 Å². The van der Waals surface area contributed by atoms with E-state index in [-0.39, 0.29) is 18.6 Å². The molecule has 170 valence electrons. The molecule has 1 unspecified atom stereocenters. The molecule has 7 heteroatoms. The number of hydrogen-bond donors (Lipinski definition) is 2. The Labute approximate surface area is 188 Å². The number of carboxylic acid groups (broad SMARTS) is 1. The van der Waals surface area contributed by atoms with Gasteiger partial charge < -0.3 is 20.1 Å². The van der Waals surface area contributed by atoms with E-state index in [1.165, 1.54) is 4.90 Å². The second-order valence-electron chi connectivity index (χ2n) is 8.05. The van der Waals surface area contributed by atoms with E-state index in [0.717, 1.165) is 22.3 Å². The fourth-order valence-corrected chi connectivity index (χ4v) is 4.14. The maximum atomic E-state index is 12.9. The Morgan fingerprint density at radius 1 is 1.00 bits per heavy atom. The molecule has 0 bridgehead atoms. The minimum atomic E-state index is -1.09. The van der Waals surface area contributed by atoms with Crippen molar-refractivity contribution < 1.29 is 24.2 Å². The van der Waals surface area contributed by atoms with Crippen LogP contribution in [-0.4, -0.2) is 53.2 Å². The van der Waals surface area contributed by atoms with Crippen LogP contribution in [0.4, 0.5) is 4.79 Å². The number of ether oxygens (including phenoxy) is 1. The van der Waals surface area contributed by atoms with Gasteiger partial charge in [0, 0.05) is 12.0 Å². The average Bonchev–Trinajstić information content (AvgIpc) is 3.12. The lowest BCUT2D eigenvalue weighted by Gasteiger charge is -2.30. The molecule has 0 saturated heterocycles. The van der Waals surface area contributed by atoms with Crippen molar-refractivity contribution in [1.29, 1.82) is 0 Å². The number of amides is 2. The minimum absolute atomic E-state index is 0.0763. The Balaban J connectivity index is 1.67. The van der Waals surface area contributed by atoms with Gasteiger partial charge in [-0.25, -0.2) is 4.79 Å². The molecule has 2 atom stereocenters. The standard InChI is InChI=1S/C25H30N2O5/c1-4-16(3)27(14-23(28)29)24(30)22(5-2)26-25(31)32-15-21-19-12-8-6-10-17(19)18-11-7-9-13-20(18)21/h6-13,16,21-22H,4-5,14-15H2,1-3H3,(H,26,31)(H,28,29)/t16?,22-/m0/s1. The Kier molecular flexibility index (Phi) is 7.51. The molecule has 0 heterocycles. The molecule has 32 heavy (non-hydrogen) atoms. The molecule has 0 radical (unpaired) electrons. The summed E-state index contributed by atoms with van der Waals surface area (Å²) in [4.78, 5) is 38.0. The summed E-state index contributed by atoms with van der Waals surface area (Å²) in [6.45, 7) is 5.18. The van der Waals surface area contributed by atoms with Gasteiger partial charge in [0.05, 0.1) is 0 Å². The highest BCUT2D eigenvalue weighted by atomic mass is 16.5. The third kappa shape index (κ3) is 4.93. The predicted molar refractivity (Wildman–Crippen MR) is 121 cm³/mol. The van der Waals surface area contributed by atoms with Crippen LogP contribution in [0, 0.1) is 0 Å². The predicted octanol–water partition coefficient (Wildman–Crippen LogP) is 4.02. The van der Waals surface area contributed by atoms with Crippen LogP contribution in [0.3, 0.4) is 0 Å². The fourth-order valence-electron chi connectivity index (χ4n) is 4.14. The van der Waals surface area contributed by atoms with E-state index in [9.17, 15) is 19.5 Å². The van der Waals surface area contributed by atoms with Crippen molar-refractivity contribution in [2.75, 3.05) is 13.2 Å². The third-order valence-electron chi connectivity index (χ3n) is 6.05. The first-order valence-corrected chi connectivity index (χ1v) is 11.0. The molecular weight excluding hydrogens is 408 g/mol. The van der Waals surface area contributed by atoms with Gasteiger partial charge in [0.1, 0.15) is 19.2 Å². The highest BCUT2D eigenvalue weighted by Crippen LogP contribution is 2.44. The first-order valence-electron chi connectivity index (χ1n) is 11.0. The van der Waals surface area contributed by atoms with Crippen molar-refractivity contribution in [1.82, 2.24) is 10.2 Å². The summed E-state index contributed by atoms with van der Waals surface area (Å²) in [7, 11) is 0. The number of hydrogen-bond acceptors (Lipinski definition) is 4. The molecule has 2 aromatic carbocycles. The summed E-state index contributed by atoms with van der Waals surface area (Å²) < 4.78 is 5.53. The molecule has 1 aliphatic rings. The number of nitrogens with one attached hydrogen (secondary N) is 1. The zero-order valence-corrected chi connectivity index (χ0v) is 18.7. The Bertz CT molecular complexity index is 944. The van der Waals surface area contributed by atoms with E-state index in [1.54, 1.807) is 13.8 Å². The summed E-state index contributed by atoms with van der Waals surface area (Å²) in [5.74, 6) is -1.58. The molecule has 3 rings (SSSR count). The van der Waals surface area contributed by atoms with Crippen LogP contribution < -0.4 is 5.32 Å². The topological polar surface area (TPSA) is 95.9 Å². The van der Waals surface area contributed by atoms with Crippen LogP contribution in [0.25, 0.3) is 11.1 Å².